The molecule has 0 saturated carbocycles. The summed E-state index contributed by atoms with van der Waals surface area (Å²) >= 11 is 0. The van der Waals surface area contributed by atoms with Crippen molar-refractivity contribution in [3.05, 3.63) is 30.1 Å². The molecule has 1 aromatic rings. The van der Waals surface area contributed by atoms with E-state index in [1.165, 1.54) is 18.5 Å². The largest absolute Gasteiger partial charge is 0.448 e. The molecule has 0 unspecified atom stereocenters. The minimum absolute atomic E-state index is 0.222. The van der Waals surface area contributed by atoms with Crippen LogP contribution in [0.5, 0.6) is 0 Å². The molecule has 0 spiro atoms. The number of hydrogen-bond acceptors (Lipinski definition) is 5. The molecule has 102 valence electrons. The summed E-state index contributed by atoms with van der Waals surface area (Å²) < 4.78 is 5.06. The standard InChI is InChI=1S/C12H15N3O4/c1-7(2)9(10(16)15-12(13)18)19-11(17)8-4-3-5-14-6-8/h3-7,9H,1-2H3,(H3,13,15,16,18)/t9-/m0/s1. The minimum atomic E-state index is -1.10. The molecule has 0 fully saturated rings. The van der Waals surface area contributed by atoms with E-state index in [-0.39, 0.29) is 11.5 Å². The van der Waals surface area contributed by atoms with Gasteiger partial charge in [0.1, 0.15) is 0 Å². The van der Waals surface area contributed by atoms with E-state index in [9.17, 15) is 14.4 Å². The Kier molecular flexibility index (Phi) is 4.99. The van der Waals surface area contributed by atoms with Crippen LogP contribution in [0.25, 0.3) is 0 Å². The van der Waals surface area contributed by atoms with Crippen LogP contribution in [0.3, 0.4) is 0 Å². The molecule has 0 aliphatic heterocycles. The Balaban J connectivity index is 2.77. The highest BCUT2D eigenvalue weighted by Crippen LogP contribution is 2.10. The molecule has 19 heavy (non-hydrogen) atoms. The molecule has 0 aliphatic carbocycles. The fraction of sp³-hybridized carbons (Fsp3) is 0.333. The smallest absolute Gasteiger partial charge is 0.340 e. The van der Waals surface area contributed by atoms with E-state index < -0.39 is 24.0 Å². The van der Waals surface area contributed by atoms with Crippen LogP contribution >= 0.6 is 0 Å². The van der Waals surface area contributed by atoms with Crippen molar-refractivity contribution in [2.75, 3.05) is 0 Å². The number of carbonyl (C=O) groups excluding carboxylic acids is 3. The number of ether oxygens (including phenoxy) is 1. The second kappa shape index (κ2) is 6.48. The lowest BCUT2D eigenvalue weighted by Gasteiger charge is -2.19. The predicted octanol–water partition coefficient (Wildman–Crippen LogP) is 0.458. The van der Waals surface area contributed by atoms with E-state index in [1.807, 2.05) is 5.32 Å². The first-order valence-electron chi connectivity index (χ1n) is 5.63. The Morgan fingerprint density at radius 2 is 2.05 bits per heavy atom. The van der Waals surface area contributed by atoms with Crippen LogP contribution in [0.4, 0.5) is 4.79 Å². The number of carbonyl (C=O) groups is 3. The molecule has 1 atom stereocenters. The van der Waals surface area contributed by atoms with Crippen molar-refractivity contribution in [2.24, 2.45) is 11.7 Å². The zero-order chi connectivity index (χ0) is 14.4. The van der Waals surface area contributed by atoms with Gasteiger partial charge >= 0.3 is 12.0 Å². The lowest BCUT2D eigenvalue weighted by Crippen LogP contribution is -2.45. The molecule has 1 aromatic heterocycles. The molecule has 1 rings (SSSR count). The number of urea groups is 1. The fourth-order valence-corrected chi connectivity index (χ4v) is 1.35. The molecule has 0 aliphatic rings. The number of pyridine rings is 1. The second-order valence-electron chi connectivity index (χ2n) is 4.17. The van der Waals surface area contributed by atoms with Crippen LogP contribution in [0, 0.1) is 5.92 Å². The van der Waals surface area contributed by atoms with Crippen LogP contribution in [0.15, 0.2) is 24.5 Å². The van der Waals surface area contributed by atoms with Gasteiger partial charge in [-0.3, -0.25) is 15.1 Å². The van der Waals surface area contributed by atoms with Crippen molar-refractivity contribution < 1.29 is 19.1 Å². The van der Waals surface area contributed by atoms with Gasteiger partial charge in [-0.1, -0.05) is 13.8 Å². The van der Waals surface area contributed by atoms with Crippen LogP contribution in [0.2, 0.25) is 0 Å². The van der Waals surface area contributed by atoms with Gasteiger partial charge in [0, 0.05) is 12.4 Å². The quantitative estimate of drug-likeness (QED) is 0.768. The van der Waals surface area contributed by atoms with Crippen LogP contribution < -0.4 is 11.1 Å². The van der Waals surface area contributed by atoms with Crippen molar-refractivity contribution in [1.29, 1.82) is 0 Å². The number of aromatic nitrogens is 1. The van der Waals surface area contributed by atoms with Crippen molar-refractivity contribution in [3.63, 3.8) is 0 Å². The zero-order valence-corrected chi connectivity index (χ0v) is 10.6. The molecule has 0 aromatic carbocycles. The van der Waals surface area contributed by atoms with Crippen molar-refractivity contribution >= 4 is 17.9 Å². The molecular weight excluding hydrogens is 250 g/mol. The minimum Gasteiger partial charge on any atom is -0.448 e. The summed E-state index contributed by atoms with van der Waals surface area (Å²) in [5.74, 6) is -1.74. The number of nitrogens with one attached hydrogen (secondary N) is 1. The lowest BCUT2D eigenvalue weighted by atomic mass is 10.1. The maximum Gasteiger partial charge on any atom is 0.340 e. The van der Waals surface area contributed by atoms with Gasteiger partial charge < -0.3 is 10.5 Å². The van der Waals surface area contributed by atoms with Gasteiger partial charge in [0.2, 0.25) is 0 Å². The Morgan fingerprint density at radius 3 is 2.53 bits per heavy atom. The Hall–Kier alpha value is -2.44. The highest BCUT2D eigenvalue weighted by molar-refractivity contribution is 5.98. The third-order valence-electron chi connectivity index (χ3n) is 2.24. The van der Waals surface area contributed by atoms with E-state index in [0.29, 0.717) is 0 Å². The van der Waals surface area contributed by atoms with Gasteiger partial charge in [0.25, 0.3) is 5.91 Å². The predicted molar refractivity (Wildman–Crippen MR) is 66.0 cm³/mol. The van der Waals surface area contributed by atoms with Crippen LogP contribution in [0.1, 0.15) is 24.2 Å². The molecule has 0 radical (unpaired) electrons. The summed E-state index contributed by atoms with van der Waals surface area (Å²) in [7, 11) is 0. The van der Waals surface area contributed by atoms with Crippen molar-refractivity contribution in [2.45, 2.75) is 20.0 Å². The first-order valence-corrected chi connectivity index (χ1v) is 5.63. The topological polar surface area (TPSA) is 111 Å². The fourth-order valence-electron chi connectivity index (χ4n) is 1.35. The van der Waals surface area contributed by atoms with E-state index in [0.717, 1.165) is 0 Å². The van der Waals surface area contributed by atoms with Crippen LogP contribution in [-0.2, 0) is 9.53 Å². The molecule has 7 heteroatoms. The molecule has 0 saturated heterocycles. The summed E-state index contributed by atoms with van der Waals surface area (Å²) in [6, 6.07) is 2.09. The molecule has 3 amide bonds. The van der Waals surface area contributed by atoms with Gasteiger partial charge in [-0.25, -0.2) is 9.59 Å². The number of imide groups is 1. The monoisotopic (exact) mass is 265 g/mol. The van der Waals surface area contributed by atoms with Crippen LogP contribution in [-0.4, -0.2) is 29.0 Å². The average molecular weight is 265 g/mol. The number of primary amides is 1. The van der Waals surface area contributed by atoms with Crippen molar-refractivity contribution in [3.8, 4) is 0 Å². The average Bonchev–Trinajstić information content (AvgIpc) is 2.35. The van der Waals surface area contributed by atoms with Crippen molar-refractivity contribution in [1.82, 2.24) is 10.3 Å². The van der Waals surface area contributed by atoms with Gasteiger partial charge in [-0.2, -0.15) is 0 Å². The number of nitrogens with two attached hydrogens (primary N) is 1. The maximum atomic E-state index is 11.8. The molecule has 1 heterocycles. The Morgan fingerprint density at radius 1 is 1.37 bits per heavy atom. The summed E-state index contributed by atoms with van der Waals surface area (Å²) in [6.45, 7) is 3.36. The first-order chi connectivity index (χ1) is 8.91. The summed E-state index contributed by atoms with van der Waals surface area (Å²) in [5, 5.41) is 1.89. The molecular formula is C12H15N3O4. The third kappa shape index (κ3) is 4.38. The maximum absolute atomic E-state index is 11.8. The molecule has 0 bridgehead atoms. The van der Waals surface area contributed by atoms with Gasteiger partial charge in [-0.05, 0) is 18.1 Å². The van der Waals surface area contributed by atoms with E-state index in [4.69, 9.17) is 10.5 Å². The van der Waals surface area contributed by atoms with E-state index in [1.54, 1.807) is 19.9 Å². The molecule has 3 N–H and O–H groups in total. The number of hydrogen-bond donors (Lipinski definition) is 2. The SMILES string of the molecule is CC(C)[C@H](OC(=O)c1cccnc1)C(=O)NC(N)=O. The third-order valence-corrected chi connectivity index (χ3v) is 2.24. The Bertz CT molecular complexity index is 473. The normalized spacial score (nSPS) is 11.7. The highest BCUT2D eigenvalue weighted by Gasteiger charge is 2.27. The van der Waals surface area contributed by atoms with E-state index >= 15 is 0 Å². The summed E-state index contributed by atoms with van der Waals surface area (Å²) in [6.07, 6.45) is 1.74. The van der Waals surface area contributed by atoms with Gasteiger partial charge in [-0.15, -0.1) is 0 Å². The zero-order valence-electron chi connectivity index (χ0n) is 10.6. The second-order valence-corrected chi connectivity index (χ2v) is 4.17. The molecule has 7 nitrogen and oxygen atoms in total. The number of nitrogens with zero attached hydrogens (tertiary/aromatic N) is 1. The highest BCUT2D eigenvalue weighted by atomic mass is 16.5. The lowest BCUT2D eigenvalue weighted by molar-refractivity contribution is -0.130. The number of amides is 3. The van der Waals surface area contributed by atoms with Gasteiger partial charge in [0.15, 0.2) is 6.10 Å². The summed E-state index contributed by atoms with van der Waals surface area (Å²) in [4.78, 5) is 37.9. The van der Waals surface area contributed by atoms with E-state index in [2.05, 4.69) is 4.98 Å². The number of rotatable bonds is 4. The summed E-state index contributed by atoms with van der Waals surface area (Å²) in [5.41, 5.74) is 5.07. The number of esters is 1. The first kappa shape index (κ1) is 14.6. The van der Waals surface area contributed by atoms with Gasteiger partial charge in [0.05, 0.1) is 5.56 Å². The Labute approximate surface area is 110 Å².